The zero-order chi connectivity index (χ0) is 54.5. The van der Waals surface area contributed by atoms with Gasteiger partial charge in [0, 0.05) is 0 Å². The van der Waals surface area contributed by atoms with Gasteiger partial charge < -0.3 is 0 Å². The Morgan fingerprint density at radius 3 is 0.530 bits per heavy atom. The molecule has 0 heteroatoms. The molecule has 5 spiro atoms. The quantitative estimate of drug-likeness (QED) is 0.227. The van der Waals surface area contributed by atoms with E-state index in [1.54, 1.807) is 308 Å². The van der Waals surface area contributed by atoms with E-state index in [-0.39, 0.29) is 0 Å². The van der Waals surface area contributed by atoms with Crippen LogP contribution in [0.3, 0.4) is 0 Å². The first-order chi connectivity index (χ1) is 40.8. The Morgan fingerprint density at radius 2 is 0.313 bits per heavy atom. The average molecular weight is 1130 g/mol. The fourth-order valence-electron chi connectivity index (χ4n) is 34.1. The number of rotatable bonds is 0. The highest BCUT2D eigenvalue weighted by Crippen LogP contribution is 2.74. The second kappa shape index (κ2) is 22.1. The lowest BCUT2D eigenvalue weighted by atomic mass is 9.42. The molecule has 464 valence electrons. The molecule has 0 radical (unpaired) electrons. The monoisotopic (exact) mass is 1130 g/mol. The SMILES string of the molecule is C1CC2CC3(CC2C1)C1CC2CC(C1)CC3C2.C1CCC2(CC1)C1CC3CC(C1)CC2C3.C1CCC2CC3(CC2C1)C1CC2CC(C1)CC3C2.C1CCCC2(CC1)C1CC3CC(C1)CC2C3.C1CCCC2(CCC1)C1CC3CC(C1)CC2C3. The fraction of sp³-hybridized carbons (Fsp3) is 1.00. The first kappa shape index (κ1) is 55.8. The highest BCUT2D eigenvalue weighted by molar-refractivity contribution is 5.14. The summed E-state index contributed by atoms with van der Waals surface area (Å²) in [6, 6.07) is 0. The molecule has 0 nitrogen and oxygen atoms in total. The summed E-state index contributed by atoms with van der Waals surface area (Å²) in [5.74, 6) is 28.1. The third-order valence-electron chi connectivity index (χ3n) is 36.4. The van der Waals surface area contributed by atoms with Crippen LogP contribution in [0.4, 0.5) is 0 Å². The van der Waals surface area contributed by atoms with Crippen molar-refractivity contribution in [1.82, 2.24) is 0 Å². The lowest BCUT2D eigenvalue weighted by Crippen LogP contribution is -2.53. The van der Waals surface area contributed by atoms with Gasteiger partial charge in [0.1, 0.15) is 0 Å². The van der Waals surface area contributed by atoms with Gasteiger partial charge >= 0.3 is 0 Å². The Kier molecular flexibility index (Phi) is 14.9. The highest BCUT2D eigenvalue weighted by Gasteiger charge is 2.64. The van der Waals surface area contributed by atoms with Crippen LogP contribution in [0, 0.1) is 169 Å². The third kappa shape index (κ3) is 9.58. The maximum atomic E-state index is 1.67. The molecule has 27 aliphatic carbocycles. The summed E-state index contributed by atoms with van der Waals surface area (Å²) in [5.41, 5.74) is 4.37. The molecular formula is C83H132. The Labute approximate surface area is 513 Å². The molecule has 27 fully saturated rings. The van der Waals surface area contributed by atoms with E-state index in [2.05, 4.69) is 0 Å². The van der Waals surface area contributed by atoms with Crippen molar-refractivity contribution in [2.24, 2.45) is 169 Å². The van der Waals surface area contributed by atoms with Crippen LogP contribution in [0.5, 0.6) is 0 Å². The maximum Gasteiger partial charge on any atom is -0.0235 e. The van der Waals surface area contributed by atoms with Crippen LogP contribution in [-0.4, -0.2) is 0 Å². The summed E-state index contributed by atoms with van der Waals surface area (Å²) in [6.07, 6.45) is 86.8. The van der Waals surface area contributed by atoms with Crippen molar-refractivity contribution in [1.29, 1.82) is 0 Å². The van der Waals surface area contributed by atoms with Gasteiger partial charge in [0.15, 0.2) is 0 Å². The lowest BCUT2D eigenvalue weighted by molar-refractivity contribution is -0.126. The van der Waals surface area contributed by atoms with Crippen molar-refractivity contribution in [2.75, 3.05) is 0 Å². The molecular weight excluding hydrogens is 997 g/mol. The minimum absolute atomic E-state index is 0.855. The van der Waals surface area contributed by atoms with Gasteiger partial charge in [0.25, 0.3) is 0 Å². The molecule has 0 aromatic heterocycles. The minimum atomic E-state index is 0.855. The first-order valence-electron chi connectivity index (χ1n) is 40.8. The Morgan fingerprint density at radius 1 is 0.145 bits per heavy atom. The second-order valence-corrected chi connectivity index (χ2v) is 39.5. The van der Waals surface area contributed by atoms with Gasteiger partial charge in [-0.3, -0.25) is 0 Å². The Bertz CT molecular complexity index is 2020. The van der Waals surface area contributed by atoms with Crippen molar-refractivity contribution in [3.63, 3.8) is 0 Å². The van der Waals surface area contributed by atoms with Gasteiger partial charge in [0.05, 0.1) is 0 Å². The predicted molar refractivity (Wildman–Crippen MR) is 345 cm³/mol. The van der Waals surface area contributed by atoms with E-state index in [9.17, 15) is 0 Å². The molecule has 20 bridgehead atoms. The summed E-state index contributed by atoms with van der Waals surface area (Å²) >= 11 is 0. The van der Waals surface area contributed by atoms with Gasteiger partial charge in [-0.1, -0.05) is 122 Å². The Balaban J connectivity index is 0.0000000794. The van der Waals surface area contributed by atoms with Crippen LogP contribution in [0.1, 0.15) is 347 Å². The molecule has 0 heterocycles. The van der Waals surface area contributed by atoms with Crippen LogP contribution in [0.15, 0.2) is 0 Å². The van der Waals surface area contributed by atoms with Crippen LogP contribution in [-0.2, 0) is 0 Å². The molecule has 4 atom stereocenters. The molecule has 27 rings (SSSR count). The van der Waals surface area contributed by atoms with Crippen LogP contribution >= 0.6 is 0 Å². The highest BCUT2D eigenvalue weighted by atomic mass is 14.7. The second-order valence-electron chi connectivity index (χ2n) is 39.5. The zero-order valence-corrected chi connectivity index (χ0v) is 54.5. The summed E-state index contributed by atoms with van der Waals surface area (Å²) in [7, 11) is 0. The average Bonchev–Trinajstić information content (AvgIpc) is 3.00. The predicted octanol–water partition coefficient (Wildman–Crippen LogP) is 24.0. The summed E-state index contributed by atoms with van der Waals surface area (Å²) in [4.78, 5) is 0. The van der Waals surface area contributed by atoms with Gasteiger partial charge in [0.2, 0.25) is 0 Å². The standard InChI is InChI=1S/C18H28.C17H26.C17H28.C16H26.C15H24/c1-2-4-15-11-18(10-14(15)3-1)16-6-12-5-13(8-16)9-17(18)7-12;1-2-13-9-17(10-14(13)3-1)15-5-11-4-12(7-15)8-16(17)6-11;1-2-4-6-17(7-5-3-1)15-9-13-8-14(11-15)12-16(17)10-13;1-2-4-6-16(5-3-1)14-8-12-7-13(10-14)11-15(16)9-12;1-2-4-15(5-3-1)13-7-11-6-12(9-13)10-14(15)8-11/h12-17H,1-11H2;11-16H,1-10H2;13-16H,1-12H2;12-15H,1-11H2;11-14H,1-10H2. The third-order valence-corrected chi connectivity index (χ3v) is 36.4. The fourth-order valence-corrected chi connectivity index (χ4v) is 34.1. The number of hydrogen-bond acceptors (Lipinski definition) is 0. The van der Waals surface area contributed by atoms with Crippen LogP contribution < -0.4 is 0 Å². The molecule has 0 aromatic carbocycles. The molecule has 0 saturated heterocycles. The molecule has 4 unspecified atom stereocenters. The van der Waals surface area contributed by atoms with E-state index in [1.165, 1.54) is 133 Å². The molecule has 27 aliphatic rings. The van der Waals surface area contributed by atoms with Crippen LogP contribution in [0.2, 0.25) is 0 Å². The van der Waals surface area contributed by atoms with E-state index >= 15 is 0 Å². The van der Waals surface area contributed by atoms with Crippen molar-refractivity contribution in [2.45, 2.75) is 347 Å². The number of fused-ring (bicyclic) bond motifs is 2. The molecule has 0 N–H and O–H groups in total. The molecule has 0 amide bonds. The lowest BCUT2D eigenvalue weighted by Gasteiger charge is -2.63. The molecule has 0 aromatic rings. The van der Waals surface area contributed by atoms with Crippen molar-refractivity contribution >= 4 is 0 Å². The summed E-state index contributed by atoms with van der Waals surface area (Å²) < 4.78 is 0. The Hall–Kier alpha value is 0. The van der Waals surface area contributed by atoms with Crippen molar-refractivity contribution in [3.8, 4) is 0 Å². The normalized spacial score (nSPS) is 54.9. The minimum Gasteiger partial charge on any atom is -0.0533 e. The largest absolute Gasteiger partial charge is 0.0533 e. The van der Waals surface area contributed by atoms with Crippen molar-refractivity contribution < 1.29 is 0 Å². The van der Waals surface area contributed by atoms with E-state index in [1.807, 2.05) is 0 Å². The molecule has 27 saturated carbocycles. The topological polar surface area (TPSA) is 0 Å². The van der Waals surface area contributed by atoms with Crippen LogP contribution in [0.25, 0.3) is 0 Å². The number of hydrogen-bond donors (Lipinski definition) is 0. The van der Waals surface area contributed by atoms with E-state index in [0.717, 1.165) is 74.4 Å². The molecule has 83 heavy (non-hydrogen) atoms. The zero-order valence-electron chi connectivity index (χ0n) is 54.5. The van der Waals surface area contributed by atoms with Crippen molar-refractivity contribution in [3.05, 3.63) is 0 Å². The van der Waals surface area contributed by atoms with Gasteiger partial charge in [-0.05, 0) is 394 Å². The van der Waals surface area contributed by atoms with E-state index in [4.69, 9.17) is 0 Å². The first-order valence-corrected chi connectivity index (χ1v) is 40.8. The smallest absolute Gasteiger partial charge is 0.0235 e. The maximum absolute atomic E-state index is 1.67. The van der Waals surface area contributed by atoms with Gasteiger partial charge in [-0.25, -0.2) is 0 Å². The van der Waals surface area contributed by atoms with Gasteiger partial charge in [-0.2, -0.15) is 0 Å². The summed E-state index contributed by atoms with van der Waals surface area (Å²) in [5, 5.41) is 0. The summed E-state index contributed by atoms with van der Waals surface area (Å²) in [6.45, 7) is 0. The van der Waals surface area contributed by atoms with E-state index in [0.29, 0.717) is 0 Å². The molecule has 0 aliphatic heterocycles. The van der Waals surface area contributed by atoms with E-state index < -0.39 is 0 Å². The van der Waals surface area contributed by atoms with Gasteiger partial charge in [-0.15, -0.1) is 0 Å².